The summed E-state index contributed by atoms with van der Waals surface area (Å²) in [5.41, 5.74) is 5.12. The summed E-state index contributed by atoms with van der Waals surface area (Å²) in [6, 6.07) is 0.247. The van der Waals surface area contributed by atoms with E-state index in [1.54, 1.807) is 4.90 Å². The van der Waals surface area contributed by atoms with E-state index < -0.39 is 0 Å². The number of carbonyl (C=O) groups excluding carboxylic acids is 1. The smallest absolute Gasteiger partial charge is 0.315 e. The molecule has 3 rings (SSSR count). The van der Waals surface area contributed by atoms with E-state index in [1.807, 2.05) is 0 Å². The first kappa shape index (κ1) is 5.97. The molecule has 2 N–H and O–H groups in total. The first-order valence-corrected chi connectivity index (χ1v) is 3.44. The number of carbonyl (C=O) groups is 1. The number of primary amides is 1. The second-order valence-electron chi connectivity index (χ2n) is 2.83. The van der Waals surface area contributed by atoms with Gasteiger partial charge in [0.05, 0.1) is 25.3 Å². The van der Waals surface area contributed by atoms with Gasteiger partial charge in [-0.3, -0.25) is 0 Å². The first-order valence-electron chi connectivity index (χ1n) is 3.44. The molecule has 2 amide bonds. The third kappa shape index (κ3) is 0.623. The van der Waals surface area contributed by atoms with Crippen LogP contribution < -0.4 is 5.73 Å². The average molecular weight is 142 g/mol. The van der Waals surface area contributed by atoms with Crippen LogP contribution in [0.5, 0.6) is 0 Å². The van der Waals surface area contributed by atoms with E-state index in [4.69, 9.17) is 10.5 Å². The van der Waals surface area contributed by atoms with Crippen LogP contribution in [0.1, 0.15) is 6.42 Å². The lowest BCUT2D eigenvalue weighted by Crippen LogP contribution is -2.66. The zero-order valence-corrected chi connectivity index (χ0v) is 5.62. The van der Waals surface area contributed by atoms with Gasteiger partial charge in [-0.2, -0.15) is 0 Å². The van der Waals surface area contributed by atoms with E-state index in [0.29, 0.717) is 13.2 Å². The second kappa shape index (κ2) is 1.85. The highest BCUT2D eigenvalue weighted by Gasteiger charge is 2.44. The minimum absolute atomic E-state index is 0.274. The maximum atomic E-state index is 10.7. The Kier molecular flexibility index (Phi) is 1.11. The molecule has 56 valence electrons. The van der Waals surface area contributed by atoms with E-state index >= 15 is 0 Å². The summed E-state index contributed by atoms with van der Waals surface area (Å²) in [5, 5.41) is 0. The van der Waals surface area contributed by atoms with Crippen molar-refractivity contribution < 1.29 is 9.53 Å². The summed E-state index contributed by atoms with van der Waals surface area (Å²) in [4.78, 5) is 12.4. The van der Waals surface area contributed by atoms with Gasteiger partial charge in [0.2, 0.25) is 0 Å². The zero-order valence-electron chi connectivity index (χ0n) is 5.62. The molecule has 0 saturated carbocycles. The molecular weight excluding hydrogens is 132 g/mol. The summed E-state index contributed by atoms with van der Waals surface area (Å²) in [5.74, 6) is 0. The van der Waals surface area contributed by atoms with Crippen LogP contribution in [0.2, 0.25) is 0 Å². The Morgan fingerprint density at radius 3 is 2.40 bits per heavy atom. The van der Waals surface area contributed by atoms with Crippen LogP contribution >= 0.6 is 0 Å². The molecule has 0 aromatic rings. The SMILES string of the molecule is NC(=O)N1C2COCC1C2. The number of urea groups is 1. The van der Waals surface area contributed by atoms with Gasteiger partial charge in [0.15, 0.2) is 0 Å². The lowest BCUT2D eigenvalue weighted by Gasteiger charge is -2.51. The largest absolute Gasteiger partial charge is 0.377 e. The average Bonchev–Trinajstić information content (AvgIpc) is 1.87. The van der Waals surface area contributed by atoms with E-state index in [2.05, 4.69) is 0 Å². The summed E-state index contributed by atoms with van der Waals surface area (Å²) in [6.07, 6.45) is 1.07. The van der Waals surface area contributed by atoms with Crippen LogP contribution in [0.4, 0.5) is 4.79 Å². The Morgan fingerprint density at radius 1 is 1.50 bits per heavy atom. The number of hydrogen-bond donors (Lipinski definition) is 1. The quantitative estimate of drug-likeness (QED) is 0.497. The Bertz CT molecular complexity index is 157. The lowest BCUT2D eigenvalue weighted by atomic mass is 9.92. The molecule has 0 aromatic carbocycles. The Morgan fingerprint density at radius 2 is 2.10 bits per heavy atom. The van der Waals surface area contributed by atoms with E-state index in [0.717, 1.165) is 6.42 Å². The van der Waals surface area contributed by atoms with E-state index in [-0.39, 0.29) is 18.1 Å². The van der Waals surface area contributed by atoms with Crippen molar-refractivity contribution in [1.29, 1.82) is 0 Å². The van der Waals surface area contributed by atoms with Gasteiger partial charge in [-0.25, -0.2) is 4.79 Å². The molecule has 3 aliphatic rings. The predicted molar refractivity (Wildman–Crippen MR) is 34.4 cm³/mol. The van der Waals surface area contributed by atoms with E-state index in [9.17, 15) is 4.79 Å². The van der Waals surface area contributed by atoms with Gasteiger partial charge in [-0.1, -0.05) is 0 Å². The van der Waals surface area contributed by atoms with Gasteiger partial charge in [0, 0.05) is 0 Å². The van der Waals surface area contributed by atoms with Crippen LogP contribution in [0, 0.1) is 0 Å². The van der Waals surface area contributed by atoms with Crippen molar-refractivity contribution in [3.63, 3.8) is 0 Å². The van der Waals surface area contributed by atoms with Crippen molar-refractivity contribution in [2.45, 2.75) is 18.5 Å². The van der Waals surface area contributed by atoms with Crippen molar-refractivity contribution in [2.75, 3.05) is 13.2 Å². The molecular formula is C6H10N2O2. The molecule has 2 unspecified atom stereocenters. The molecule has 3 fully saturated rings. The van der Waals surface area contributed by atoms with Crippen LogP contribution in [0.15, 0.2) is 0 Å². The number of rotatable bonds is 0. The van der Waals surface area contributed by atoms with Gasteiger partial charge in [0.25, 0.3) is 0 Å². The van der Waals surface area contributed by atoms with Crippen molar-refractivity contribution in [3.05, 3.63) is 0 Å². The number of fused-ring (bicyclic) bond motifs is 2. The monoisotopic (exact) mass is 142 g/mol. The molecule has 3 saturated heterocycles. The summed E-state index contributed by atoms with van der Waals surface area (Å²) in [7, 11) is 0. The molecule has 10 heavy (non-hydrogen) atoms. The van der Waals surface area contributed by atoms with Crippen LogP contribution in [0.25, 0.3) is 0 Å². The number of hydrogen-bond acceptors (Lipinski definition) is 2. The second-order valence-corrected chi connectivity index (χ2v) is 2.83. The van der Waals surface area contributed by atoms with Gasteiger partial charge in [-0.05, 0) is 6.42 Å². The number of ether oxygens (including phenoxy) is 1. The Labute approximate surface area is 58.9 Å². The standard InChI is InChI=1S/C6H10N2O2/c7-6(9)8-4-1-5(8)3-10-2-4/h4-5H,1-3H2,(H2,7,9). The number of nitrogens with two attached hydrogens (primary N) is 1. The third-order valence-electron chi connectivity index (χ3n) is 2.21. The van der Waals surface area contributed by atoms with E-state index in [1.165, 1.54) is 0 Å². The highest BCUT2D eigenvalue weighted by molar-refractivity contribution is 5.74. The fourth-order valence-corrected chi connectivity index (χ4v) is 1.70. The van der Waals surface area contributed by atoms with Crippen molar-refractivity contribution in [2.24, 2.45) is 5.73 Å². The zero-order chi connectivity index (χ0) is 7.14. The molecule has 0 spiro atoms. The Balaban J connectivity index is 2.06. The number of nitrogens with zero attached hydrogens (tertiary/aromatic N) is 1. The first-order chi connectivity index (χ1) is 4.79. The van der Waals surface area contributed by atoms with Crippen molar-refractivity contribution in [3.8, 4) is 0 Å². The molecule has 2 atom stereocenters. The fourth-order valence-electron chi connectivity index (χ4n) is 1.70. The molecule has 0 aromatic heterocycles. The summed E-state index contributed by atoms with van der Waals surface area (Å²) in [6.45, 7) is 1.33. The highest BCUT2D eigenvalue weighted by atomic mass is 16.5. The topological polar surface area (TPSA) is 55.6 Å². The van der Waals surface area contributed by atoms with Gasteiger partial charge in [-0.15, -0.1) is 0 Å². The summed E-state index contributed by atoms with van der Waals surface area (Å²) < 4.78 is 5.16. The lowest BCUT2D eigenvalue weighted by molar-refractivity contribution is -0.0978. The van der Waals surface area contributed by atoms with Crippen LogP contribution in [-0.2, 0) is 4.74 Å². The highest BCUT2D eigenvalue weighted by Crippen LogP contribution is 2.29. The molecule has 3 aliphatic heterocycles. The van der Waals surface area contributed by atoms with Gasteiger partial charge < -0.3 is 15.4 Å². The van der Waals surface area contributed by atoms with Crippen molar-refractivity contribution >= 4 is 6.03 Å². The number of amides is 2. The normalized spacial score (nSPS) is 37.0. The molecule has 4 nitrogen and oxygen atoms in total. The molecule has 0 aliphatic carbocycles. The third-order valence-corrected chi connectivity index (χ3v) is 2.21. The summed E-state index contributed by atoms with van der Waals surface area (Å²) >= 11 is 0. The maximum absolute atomic E-state index is 10.7. The van der Waals surface area contributed by atoms with Gasteiger partial charge >= 0.3 is 6.03 Å². The van der Waals surface area contributed by atoms with Crippen LogP contribution in [0.3, 0.4) is 0 Å². The molecule has 4 heteroatoms. The minimum Gasteiger partial charge on any atom is -0.377 e. The number of morpholine rings is 1. The van der Waals surface area contributed by atoms with Gasteiger partial charge in [0.1, 0.15) is 0 Å². The Hall–Kier alpha value is -0.770. The minimum atomic E-state index is -0.301. The predicted octanol–water partition coefficient (Wildman–Crippen LogP) is -0.462. The van der Waals surface area contributed by atoms with Crippen LogP contribution in [-0.4, -0.2) is 36.2 Å². The molecule has 3 heterocycles. The molecule has 0 radical (unpaired) electrons. The fraction of sp³-hybridized carbons (Fsp3) is 0.833. The maximum Gasteiger partial charge on any atom is 0.315 e. The van der Waals surface area contributed by atoms with Crippen molar-refractivity contribution in [1.82, 2.24) is 4.90 Å². The molecule has 2 bridgehead atoms.